The second-order valence-electron chi connectivity index (χ2n) is 7.48. The first kappa shape index (κ1) is 22.2. The third-order valence-electron chi connectivity index (χ3n) is 4.84. The Bertz CT molecular complexity index is 946. The number of nitrogens with one attached hydrogen (secondary N) is 2. The standard InChI is InChI=1S/C26H28N2O3/c1-20(27-26(30)23-15-9-4-10-16-23)17-25(29)28-24(22-13-7-3-8-14-22)19-31-18-21-11-5-2-6-12-21/h2-16,20,24H,17-19H2,1H3,(H,27,30)(H,28,29). The van der Waals surface area contributed by atoms with Gasteiger partial charge in [-0.3, -0.25) is 9.59 Å². The highest BCUT2D eigenvalue weighted by Gasteiger charge is 2.18. The van der Waals surface area contributed by atoms with E-state index in [9.17, 15) is 9.59 Å². The first-order valence-electron chi connectivity index (χ1n) is 10.4. The van der Waals surface area contributed by atoms with Gasteiger partial charge < -0.3 is 15.4 Å². The molecule has 0 aliphatic carbocycles. The van der Waals surface area contributed by atoms with Crippen molar-refractivity contribution < 1.29 is 14.3 Å². The van der Waals surface area contributed by atoms with E-state index in [2.05, 4.69) is 10.6 Å². The predicted molar refractivity (Wildman–Crippen MR) is 121 cm³/mol. The molecule has 2 amide bonds. The van der Waals surface area contributed by atoms with Gasteiger partial charge in [0, 0.05) is 18.0 Å². The summed E-state index contributed by atoms with van der Waals surface area (Å²) in [6.07, 6.45) is 0.181. The van der Waals surface area contributed by atoms with Crippen LogP contribution in [0.2, 0.25) is 0 Å². The van der Waals surface area contributed by atoms with E-state index in [-0.39, 0.29) is 30.3 Å². The van der Waals surface area contributed by atoms with Crippen molar-refractivity contribution in [2.24, 2.45) is 0 Å². The van der Waals surface area contributed by atoms with Crippen molar-refractivity contribution in [3.63, 3.8) is 0 Å². The molecule has 0 spiro atoms. The summed E-state index contributed by atoms with van der Waals surface area (Å²) in [6.45, 7) is 2.66. The molecule has 2 unspecified atom stereocenters. The minimum absolute atomic E-state index is 0.141. The van der Waals surface area contributed by atoms with Gasteiger partial charge in [0.05, 0.1) is 19.3 Å². The smallest absolute Gasteiger partial charge is 0.251 e. The number of amides is 2. The largest absolute Gasteiger partial charge is 0.374 e. The van der Waals surface area contributed by atoms with Gasteiger partial charge in [-0.1, -0.05) is 78.9 Å². The fraction of sp³-hybridized carbons (Fsp3) is 0.231. The van der Waals surface area contributed by atoms with Crippen LogP contribution in [0.15, 0.2) is 91.0 Å². The average molecular weight is 417 g/mol. The minimum Gasteiger partial charge on any atom is -0.374 e. The molecule has 2 atom stereocenters. The Labute approximate surface area is 183 Å². The molecule has 2 N–H and O–H groups in total. The maximum atomic E-state index is 12.7. The number of ether oxygens (including phenoxy) is 1. The number of hydrogen-bond acceptors (Lipinski definition) is 3. The maximum absolute atomic E-state index is 12.7. The molecule has 0 fully saturated rings. The van der Waals surface area contributed by atoms with Crippen molar-refractivity contribution in [2.75, 3.05) is 6.61 Å². The summed E-state index contributed by atoms with van der Waals surface area (Å²) in [6, 6.07) is 28.1. The molecule has 0 saturated heterocycles. The molecule has 0 bridgehead atoms. The van der Waals surface area contributed by atoms with Crippen LogP contribution in [0.4, 0.5) is 0 Å². The van der Waals surface area contributed by atoms with E-state index >= 15 is 0 Å². The Kier molecular flexibility index (Phi) is 8.38. The van der Waals surface area contributed by atoms with Crippen LogP contribution < -0.4 is 10.6 Å². The van der Waals surface area contributed by atoms with Gasteiger partial charge in [0.25, 0.3) is 5.91 Å². The Morgan fingerprint density at radius 3 is 2.03 bits per heavy atom. The fourth-order valence-electron chi connectivity index (χ4n) is 3.25. The van der Waals surface area contributed by atoms with Crippen LogP contribution in [-0.2, 0) is 16.1 Å². The molecule has 3 aromatic carbocycles. The zero-order valence-corrected chi connectivity index (χ0v) is 17.7. The summed E-state index contributed by atoms with van der Waals surface area (Å²) in [5, 5.41) is 5.92. The van der Waals surface area contributed by atoms with Crippen LogP contribution in [0.25, 0.3) is 0 Å². The zero-order chi connectivity index (χ0) is 21.9. The number of rotatable bonds is 10. The van der Waals surface area contributed by atoms with E-state index in [1.165, 1.54) is 0 Å². The molecule has 160 valence electrons. The van der Waals surface area contributed by atoms with Gasteiger partial charge in [0.2, 0.25) is 5.91 Å². The average Bonchev–Trinajstić information content (AvgIpc) is 2.80. The minimum atomic E-state index is -0.297. The van der Waals surface area contributed by atoms with E-state index in [0.717, 1.165) is 11.1 Å². The number of hydrogen-bond donors (Lipinski definition) is 2. The highest BCUT2D eigenvalue weighted by Crippen LogP contribution is 2.15. The monoisotopic (exact) mass is 416 g/mol. The lowest BCUT2D eigenvalue weighted by atomic mass is 10.1. The van der Waals surface area contributed by atoms with Gasteiger partial charge in [-0.05, 0) is 30.2 Å². The SMILES string of the molecule is CC(CC(=O)NC(COCc1ccccc1)c1ccccc1)NC(=O)c1ccccc1. The first-order valence-corrected chi connectivity index (χ1v) is 10.4. The molecule has 3 aromatic rings. The molecular weight excluding hydrogens is 388 g/mol. The van der Waals surface area contributed by atoms with Crippen LogP contribution in [0.5, 0.6) is 0 Å². The second-order valence-corrected chi connectivity index (χ2v) is 7.48. The van der Waals surface area contributed by atoms with Crippen LogP contribution >= 0.6 is 0 Å². The van der Waals surface area contributed by atoms with Crippen molar-refractivity contribution in [3.05, 3.63) is 108 Å². The summed E-state index contributed by atoms with van der Waals surface area (Å²) >= 11 is 0. The Balaban J connectivity index is 1.54. The van der Waals surface area contributed by atoms with Crippen molar-refractivity contribution in [2.45, 2.75) is 32.0 Å². The normalized spacial score (nSPS) is 12.5. The lowest BCUT2D eigenvalue weighted by molar-refractivity contribution is -0.122. The topological polar surface area (TPSA) is 67.4 Å². The lowest BCUT2D eigenvalue weighted by Crippen LogP contribution is -2.39. The summed E-state index contributed by atoms with van der Waals surface area (Å²) in [7, 11) is 0. The van der Waals surface area contributed by atoms with E-state index in [1.54, 1.807) is 12.1 Å². The number of benzene rings is 3. The highest BCUT2D eigenvalue weighted by atomic mass is 16.5. The van der Waals surface area contributed by atoms with Crippen molar-refractivity contribution >= 4 is 11.8 Å². The zero-order valence-electron chi connectivity index (χ0n) is 17.7. The van der Waals surface area contributed by atoms with Gasteiger partial charge in [0.1, 0.15) is 0 Å². The predicted octanol–water partition coefficient (Wildman–Crippen LogP) is 4.27. The summed E-state index contributed by atoms with van der Waals surface area (Å²) in [5.74, 6) is -0.329. The molecular formula is C26H28N2O3. The molecule has 0 saturated carbocycles. The Morgan fingerprint density at radius 2 is 1.39 bits per heavy atom. The molecule has 0 heterocycles. The van der Waals surface area contributed by atoms with Gasteiger partial charge >= 0.3 is 0 Å². The maximum Gasteiger partial charge on any atom is 0.251 e. The number of carbonyl (C=O) groups is 2. The van der Waals surface area contributed by atoms with Gasteiger partial charge in [-0.25, -0.2) is 0 Å². The molecule has 0 aliphatic heterocycles. The van der Waals surface area contributed by atoms with E-state index in [4.69, 9.17) is 4.74 Å². The quantitative estimate of drug-likeness (QED) is 0.519. The van der Waals surface area contributed by atoms with Gasteiger partial charge in [-0.2, -0.15) is 0 Å². The van der Waals surface area contributed by atoms with Crippen molar-refractivity contribution in [1.29, 1.82) is 0 Å². The lowest BCUT2D eigenvalue weighted by Gasteiger charge is -2.21. The van der Waals surface area contributed by atoms with Crippen LogP contribution in [0, 0.1) is 0 Å². The summed E-state index contributed by atoms with van der Waals surface area (Å²) in [4.78, 5) is 25.0. The van der Waals surface area contributed by atoms with Crippen molar-refractivity contribution in [3.8, 4) is 0 Å². The molecule has 0 aliphatic rings. The molecule has 0 aromatic heterocycles. The fourth-order valence-corrected chi connectivity index (χ4v) is 3.25. The molecule has 3 rings (SSSR count). The third kappa shape index (κ3) is 7.39. The van der Waals surface area contributed by atoms with Crippen LogP contribution in [0.1, 0.15) is 40.9 Å². The van der Waals surface area contributed by atoms with Crippen LogP contribution in [0.3, 0.4) is 0 Å². The van der Waals surface area contributed by atoms with Crippen molar-refractivity contribution in [1.82, 2.24) is 10.6 Å². The van der Waals surface area contributed by atoms with Crippen LogP contribution in [-0.4, -0.2) is 24.5 Å². The molecule has 0 radical (unpaired) electrons. The Hall–Kier alpha value is -3.44. The van der Waals surface area contributed by atoms with Gasteiger partial charge in [-0.15, -0.1) is 0 Å². The molecule has 5 heteroatoms. The third-order valence-corrected chi connectivity index (χ3v) is 4.84. The first-order chi connectivity index (χ1) is 15.1. The Morgan fingerprint density at radius 1 is 0.806 bits per heavy atom. The summed E-state index contributed by atoms with van der Waals surface area (Å²) < 4.78 is 5.88. The molecule has 31 heavy (non-hydrogen) atoms. The van der Waals surface area contributed by atoms with Gasteiger partial charge in [0.15, 0.2) is 0 Å². The number of carbonyl (C=O) groups excluding carboxylic acids is 2. The second kappa shape index (κ2) is 11.7. The summed E-state index contributed by atoms with van der Waals surface area (Å²) in [5.41, 5.74) is 2.63. The van der Waals surface area contributed by atoms with E-state index in [1.807, 2.05) is 85.8 Å². The highest BCUT2D eigenvalue weighted by molar-refractivity contribution is 5.94. The van der Waals surface area contributed by atoms with E-state index in [0.29, 0.717) is 18.8 Å². The van der Waals surface area contributed by atoms with E-state index < -0.39 is 0 Å². The molecule has 5 nitrogen and oxygen atoms in total.